The van der Waals surface area contributed by atoms with Gasteiger partial charge in [-0.3, -0.25) is 4.79 Å². The fourth-order valence-corrected chi connectivity index (χ4v) is 2.61. The first-order valence-electron chi connectivity index (χ1n) is 7.27. The molecule has 0 heterocycles. The highest BCUT2D eigenvalue weighted by Crippen LogP contribution is 2.23. The molecule has 110 valence electrons. The van der Waals surface area contributed by atoms with Crippen molar-refractivity contribution >= 4 is 5.91 Å². The van der Waals surface area contributed by atoms with E-state index < -0.39 is 0 Å². The molecular weight excluding hydrogens is 254 g/mol. The molecule has 1 aromatic rings. The third-order valence-electron chi connectivity index (χ3n) is 3.83. The first-order chi connectivity index (χ1) is 9.67. The number of nitrogens with one attached hydrogen (secondary N) is 1. The van der Waals surface area contributed by atoms with E-state index in [0.29, 0.717) is 5.92 Å². The van der Waals surface area contributed by atoms with E-state index in [9.17, 15) is 4.79 Å². The highest BCUT2D eigenvalue weighted by atomic mass is 16.5. The predicted molar refractivity (Wildman–Crippen MR) is 77.6 cm³/mol. The molecule has 0 saturated heterocycles. The van der Waals surface area contributed by atoms with Crippen molar-refractivity contribution in [1.29, 1.82) is 0 Å². The lowest BCUT2D eigenvalue weighted by molar-refractivity contribution is -0.124. The van der Waals surface area contributed by atoms with Gasteiger partial charge in [0.15, 0.2) is 6.61 Å². The Labute approximate surface area is 120 Å². The Kier molecular flexibility index (Phi) is 5.41. The van der Waals surface area contributed by atoms with Crippen molar-refractivity contribution in [2.75, 3.05) is 13.2 Å². The summed E-state index contributed by atoms with van der Waals surface area (Å²) in [7, 11) is 0. The van der Waals surface area contributed by atoms with Gasteiger partial charge in [0.05, 0.1) is 0 Å². The number of hydrogen-bond acceptors (Lipinski definition) is 3. The van der Waals surface area contributed by atoms with Gasteiger partial charge in [-0.25, -0.2) is 0 Å². The number of carbonyl (C=O) groups is 1. The van der Waals surface area contributed by atoms with Crippen LogP contribution in [0, 0.1) is 12.8 Å². The van der Waals surface area contributed by atoms with Crippen LogP contribution >= 0.6 is 0 Å². The van der Waals surface area contributed by atoms with E-state index in [-0.39, 0.29) is 25.2 Å². The normalized spacial score (nSPS) is 22.3. The second-order valence-corrected chi connectivity index (χ2v) is 5.57. The summed E-state index contributed by atoms with van der Waals surface area (Å²) in [5, 5.41) is 12.1. The van der Waals surface area contributed by atoms with E-state index in [1.807, 2.05) is 31.2 Å². The zero-order valence-corrected chi connectivity index (χ0v) is 12.0. The lowest BCUT2D eigenvalue weighted by Gasteiger charge is -2.27. The van der Waals surface area contributed by atoms with E-state index in [0.717, 1.165) is 37.0 Å². The molecule has 4 heteroatoms. The maximum Gasteiger partial charge on any atom is 0.258 e. The van der Waals surface area contributed by atoms with Gasteiger partial charge in [-0.2, -0.15) is 0 Å². The minimum atomic E-state index is -0.0704. The van der Waals surface area contributed by atoms with E-state index >= 15 is 0 Å². The largest absolute Gasteiger partial charge is 0.484 e. The standard InChI is InChI=1S/C16H23NO3/c1-12-3-2-4-15(9-12)20-11-16(19)17-14-7-5-13(10-18)6-8-14/h2-4,9,13-14,18H,5-8,10-11H2,1H3,(H,17,19). The van der Waals surface area contributed by atoms with Gasteiger partial charge in [0.25, 0.3) is 5.91 Å². The van der Waals surface area contributed by atoms with Crippen LogP contribution in [0.3, 0.4) is 0 Å². The molecule has 0 bridgehead atoms. The summed E-state index contributed by atoms with van der Waals surface area (Å²) in [6.07, 6.45) is 3.86. The van der Waals surface area contributed by atoms with Gasteiger partial charge in [0, 0.05) is 12.6 Å². The van der Waals surface area contributed by atoms with E-state index in [1.165, 1.54) is 0 Å². The predicted octanol–water partition coefficient (Wildman–Crippen LogP) is 2.04. The van der Waals surface area contributed by atoms with Crippen molar-refractivity contribution in [2.24, 2.45) is 5.92 Å². The summed E-state index contributed by atoms with van der Waals surface area (Å²) in [4.78, 5) is 11.8. The molecule has 1 fully saturated rings. The number of aliphatic hydroxyl groups excluding tert-OH is 1. The first kappa shape index (κ1) is 14.9. The Balaban J connectivity index is 1.71. The van der Waals surface area contributed by atoms with Gasteiger partial charge in [0.2, 0.25) is 0 Å². The topological polar surface area (TPSA) is 58.6 Å². The van der Waals surface area contributed by atoms with E-state index in [1.54, 1.807) is 0 Å². The van der Waals surface area contributed by atoms with Crippen LogP contribution in [0.25, 0.3) is 0 Å². The zero-order chi connectivity index (χ0) is 14.4. The minimum Gasteiger partial charge on any atom is -0.484 e. The van der Waals surface area contributed by atoms with Crippen molar-refractivity contribution < 1.29 is 14.6 Å². The summed E-state index contributed by atoms with van der Waals surface area (Å²) in [6, 6.07) is 7.91. The molecule has 1 aromatic carbocycles. The monoisotopic (exact) mass is 277 g/mol. The van der Waals surface area contributed by atoms with Gasteiger partial charge in [-0.05, 0) is 56.2 Å². The molecule has 1 amide bonds. The first-order valence-corrected chi connectivity index (χ1v) is 7.27. The Hall–Kier alpha value is -1.55. The highest BCUT2D eigenvalue weighted by Gasteiger charge is 2.21. The molecule has 0 aromatic heterocycles. The van der Waals surface area contributed by atoms with Gasteiger partial charge < -0.3 is 15.2 Å². The summed E-state index contributed by atoms with van der Waals surface area (Å²) >= 11 is 0. The molecule has 0 atom stereocenters. The average molecular weight is 277 g/mol. The Morgan fingerprint density at radius 1 is 1.35 bits per heavy atom. The number of carbonyl (C=O) groups excluding carboxylic acids is 1. The van der Waals surface area contributed by atoms with Gasteiger partial charge in [0.1, 0.15) is 5.75 Å². The number of amides is 1. The smallest absolute Gasteiger partial charge is 0.258 e. The average Bonchev–Trinajstić information content (AvgIpc) is 2.46. The molecule has 2 N–H and O–H groups in total. The van der Waals surface area contributed by atoms with Crippen molar-refractivity contribution in [3.63, 3.8) is 0 Å². The molecule has 4 nitrogen and oxygen atoms in total. The molecule has 2 rings (SSSR count). The third kappa shape index (κ3) is 4.53. The quantitative estimate of drug-likeness (QED) is 0.866. The van der Waals surface area contributed by atoms with Crippen molar-refractivity contribution in [3.8, 4) is 5.75 Å². The van der Waals surface area contributed by atoms with Crippen molar-refractivity contribution in [3.05, 3.63) is 29.8 Å². The Morgan fingerprint density at radius 3 is 2.75 bits per heavy atom. The van der Waals surface area contributed by atoms with Crippen LogP contribution < -0.4 is 10.1 Å². The van der Waals surface area contributed by atoms with Crippen LogP contribution in [0.15, 0.2) is 24.3 Å². The SMILES string of the molecule is Cc1cccc(OCC(=O)NC2CCC(CO)CC2)c1. The molecule has 20 heavy (non-hydrogen) atoms. The lowest BCUT2D eigenvalue weighted by Crippen LogP contribution is -2.40. The molecule has 1 saturated carbocycles. The molecule has 1 aliphatic carbocycles. The van der Waals surface area contributed by atoms with Crippen LogP contribution in [0.1, 0.15) is 31.2 Å². The van der Waals surface area contributed by atoms with Crippen LogP contribution in [0.2, 0.25) is 0 Å². The summed E-state index contributed by atoms with van der Waals surface area (Å²) < 4.78 is 5.48. The van der Waals surface area contributed by atoms with Gasteiger partial charge in [-0.15, -0.1) is 0 Å². The fraction of sp³-hybridized carbons (Fsp3) is 0.562. The number of rotatable bonds is 5. The maximum atomic E-state index is 11.8. The summed E-state index contributed by atoms with van der Waals surface area (Å²) in [5.74, 6) is 1.06. The van der Waals surface area contributed by atoms with E-state index in [2.05, 4.69) is 5.32 Å². The maximum absolute atomic E-state index is 11.8. The third-order valence-corrected chi connectivity index (χ3v) is 3.83. The molecule has 0 aliphatic heterocycles. The second-order valence-electron chi connectivity index (χ2n) is 5.57. The number of aryl methyl sites for hydroxylation is 1. The van der Waals surface area contributed by atoms with Gasteiger partial charge >= 0.3 is 0 Å². The molecule has 0 unspecified atom stereocenters. The number of ether oxygens (including phenoxy) is 1. The molecular formula is C16H23NO3. The minimum absolute atomic E-state index is 0.0589. The highest BCUT2D eigenvalue weighted by molar-refractivity contribution is 5.77. The summed E-state index contributed by atoms with van der Waals surface area (Å²) in [5.41, 5.74) is 1.12. The van der Waals surface area contributed by atoms with Crippen molar-refractivity contribution in [1.82, 2.24) is 5.32 Å². The van der Waals surface area contributed by atoms with Crippen molar-refractivity contribution in [2.45, 2.75) is 38.6 Å². The number of benzene rings is 1. The lowest BCUT2D eigenvalue weighted by atomic mass is 9.86. The number of aliphatic hydroxyl groups is 1. The zero-order valence-electron chi connectivity index (χ0n) is 12.0. The Morgan fingerprint density at radius 2 is 2.10 bits per heavy atom. The second kappa shape index (κ2) is 7.29. The fourth-order valence-electron chi connectivity index (χ4n) is 2.61. The Bertz CT molecular complexity index is 439. The van der Waals surface area contributed by atoms with Crippen LogP contribution in [-0.2, 0) is 4.79 Å². The molecule has 0 radical (unpaired) electrons. The van der Waals surface area contributed by atoms with Crippen LogP contribution in [-0.4, -0.2) is 30.3 Å². The number of hydrogen-bond donors (Lipinski definition) is 2. The van der Waals surface area contributed by atoms with Crippen LogP contribution in [0.5, 0.6) is 5.75 Å². The molecule has 1 aliphatic rings. The molecule has 0 spiro atoms. The summed E-state index contributed by atoms with van der Waals surface area (Å²) in [6.45, 7) is 2.31. The van der Waals surface area contributed by atoms with Gasteiger partial charge in [-0.1, -0.05) is 12.1 Å². The van der Waals surface area contributed by atoms with Crippen LogP contribution in [0.4, 0.5) is 0 Å². The van der Waals surface area contributed by atoms with E-state index in [4.69, 9.17) is 9.84 Å².